The second-order valence-electron chi connectivity index (χ2n) is 6.42. The molecule has 0 heterocycles. The Morgan fingerprint density at radius 3 is 1.76 bits per heavy atom. The molecule has 0 nitrogen and oxygen atoms in total. The first-order valence-electron chi connectivity index (χ1n) is 7.98. The summed E-state index contributed by atoms with van der Waals surface area (Å²) in [5.74, 6) is -12.2. The summed E-state index contributed by atoms with van der Waals surface area (Å²) in [7, 11) is 0. The number of halogens is 6. The summed E-state index contributed by atoms with van der Waals surface area (Å²) in [6, 6.07) is 9.05. The number of hydrogen-bond donors (Lipinski definition) is 0. The summed E-state index contributed by atoms with van der Waals surface area (Å²) >= 11 is 0. The number of rotatable bonds is 3. The predicted molar refractivity (Wildman–Crippen MR) is 83.0 cm³/mol. The van der Waals surface area contributed by atoms with Gasteiger partial charge >= 0.3 is 11.8 Å². The maximum atomic E-state index is 14.4. The summed E-state index contributed by atoms with van der Waals surface area (Å²) in [5.41, 5.74) is 1.16. The molecule has 25 heavy (non-hydrogen) atoms. The third-order valence-electron chi connectivity index (χ3n) is 4.72. The SMILES string of the molecule is CCc1ccc(-c2cc(F)c(C3CC(F)(F)C(F)(F)C3)c(F)c2)cc1. The van der Waals surface area contributed by atoms with E-state index >= 15 is 0 Å². The Hall–Kier alpha value is -1.98. The zero-order valence-electron chi connectivity index (χ0n) is 13.4. The Bertz CT molecular complexity index is 740. The standard InChI is InChI=1S/C19H16F6/c1-2-11-3-5-12(6-4-11)13-7-15(20)17(16(21)8-13)14-9-18(22,23)19(24,25)10-14/h3-8,14H,2,9-10H2,1H3. The minimum atomic E-state index is -4.26. The summed E-state index contributed by atoms with van der Waals surface area (Å²) in [5, 5.41) is 0. The second kappa shape index (κ2) is 6.07. The Labute approximate surface area is 141 Å². The van der Waals surface area contributed by atoms with Gasteiger partial charge in [-0.05, 0) is 35.2 Å². The molecular weight excluding hydrogens is 342 g/mol. The summed E-state index contributed by atoms with van der Waals surface area (Å²) in [6.07, 6.45) is -1.72. The van der Waals surface area contributed by atoms with Gasteiger partial charge in [-0.2, -0.15) is 17.6 Å². The molecule has 0 aromatic heterocycles. The topological polar surface area (TPSA) is 0 Å². The van der Waals surface area contributed by atoms with Crippen molar-refractivity contribution < 1.29 is 26.3 Å². The van der Waals surface area contributed by atoms with E-state index in [0.29, 0.717) is 5.56 Å². The maximum absolute atomic E-state index is 14.4. The van der Waals surface area contributed by atoms with Gasteiger partial charge in [0.15, 0.2) is 0 Å². The molecule has 0 radical (unpaired) electrons. The van der Waals surface area contributed by atoms with E-state index in [-0.39, 0.29) is 5.56 Å². The normalized spacial score (nSPS) is 19.3. The molecule has 0 spiro atoms. The van der Waals surface area contributed by atoms with E-state index in [1.165, 1.54) is 0 Å². The van der Waals surface area contributed by atoms with E-state index in [1.807, 2.05) is 19.1 Å². The maximum Gasteiger partial charge on any atom is 0.310 e. The smallest absolute Gasteiger partial charge is 0.207 e. The lowest BCUT2D eigenvalue weighted by molar-refractivity contribution is -0.185. The summed E-state index contributed by atoms with van der Waals surface area (Å²) < 4.78 is 82.1. The van der Waals surface area contributed by atoms with Crippen LogP contribution >= 0.6 is 0 Å². The molecule has 0 N–H and O–H groups in total. The highest BCUT2D eigenvalue weighted by atomic mass is 19.3. The number of hydrogen-bond acceptors (Lipinski definition) is 0. The largest absolute Gasteiger partial charge is 0.310 e. The molecule has 3 rings (SSSR count). The quantitative estimate of drug-likeness (QED) is 0.562. The molecule has 0 aliphatic heterocycles. The van der Waals surface area contributed by atoms with Crippen LogP contribution < -0.4 is 0 Å². The van der Waals surface area contributed by atoms with Gasteiger partial charge in [-0.1, -0.05) is 31.2 Å². The van der Waals surface area contributed by atoms with Crippen LogP contribution in [0.3, 0.4) is 0 Å². The fraction of sp³-hybridized carbons (Fsp3) is 0.368. The first-order valence-corrected chi connectivity index (χ1v) is 7.98. The molecule has 0 atom stereocenters. The van der Waals surface area contributed by atoms with Crippen molar-refractivity contribution in [2.45, 2.75) is 43.9 Å². The van der Waals surface area contributed by atoms with Crippen LogP contribution in [0.5, 0.6) is 0 Å². The molecule has 0 saturated heterocycles. The van der Waals surface area contributed by atoms with Gasteiger partial charge in [0.05, 0.1) is 0 Å². The number of alkyl halides is 4. The fourth-order valence-corrected chi connectivity index (χ4v) is 3.27. The van der Waals surface area contributed by atoms with Gasteiger partial charge in [-0.3, -0.25) is 0 Å². The van der Waals surface area contributed by atoms with Gasteiger partial charge in [-0.15, -0.1) is 0 Å². The highest BCUT2D eigenvalue weighted by Gasteiger charge is 2.63. The average molecular weight is 358 g/mol. The van der Waals surface area contributed by atoms with E-state index in [2.05, 4.69) is 0 Å². The third kappa shape index (κ3) is 3.14. The lowest BCUT2D eigenvalue weighted by Gasteiger charge is -2.16. The lowest BCUT2D eigenvalue weighted by atomic mass is 9.93. The summed E-state index contributed by atoms with van der Waals surface area (Å²) in [4.78, 5) is 0. The predicted octanol–water partition coefficient (Wildman–Crippen LogP) is 6.34. The number of aryl methyl sites for hydroxylation is 1. The molecule has 1 aliphatic carbocycles. The molecule has 0 unspecified atom stereocenters. The van der Waals surface area contributed by atoms with E-state index in [4.69, 9.17) is 0 Å². The second-order valence-corrected chi connectivity index (χ2v) is 6.42. The Morgan fingerprint density at radius 2 is 1.32 bits per heavy atom. The molecular formula is C19H16F6. The first-order chi connectivity index (χ1) is 11.6. The van der Waals surface area contributed by atoms with Crippen LogP contribution in [0.4, 0.5) is 26.3 Å². The van der Waals surface area contributed by atoms with Crippen LogP contribution in [0.15, 0.2) is 36.4 Å². The molecule has 6 heteroatoms. The van der Waals surface area contributed by atoms with Crippen LogP contribution in [0, 0.1) is 11.6 Å². The molecule has 1 saturated carbocycles. The third-order valence-corrected chi connectivity index (χ3v) is 4.72. The monoisotopic (exact) mass is 358 g/mol. The number of benzene rings is 2. The minimum absolute atomic E-state index is 0.234. The van der Waals surface area contributed by atoms with E-state index < -0.39 is 47.8 Å². The fourth-order valence-electron chi connectivity index (χ4n) is 3.27. The van der Waals surface area contributed by atoms with Crippen molar-refractivity contribution in [3.8, 4) is 11.1 Å². The van der Waals surface area contributed by atoms with Crippen LogP contribution in [0.25, 0.3) is 11.1 Å². The van der Waals surface area contributed by atoms with Crippen molar-refractivity contribution in [1.29, 1.82) is 0 Å². The van der Waals surface area contributed by atoms with Gasteiger partial charge in [0.25, 0.3) is 0 Å². The zero-order valence-corrected chi connectivity index (χ0v) is 13.4. The van der Waals surface area contributed by atoms with E-state index in [1.54, 1.807) is 12.1 Å². The highest BCUT2D eigenvalue weighted by Crippen LogP contribution is 2.54. The lowest BCUT2D eigenvalue weighted by Crippen LogP contribution is -2.33. The van der Waals surface area contributed by atoms with Crippen molar-refractivity contribution in [1.82, 2.24) is 0 Å². The van der Waals surface area contributed by atoms with E-state index in [0.717, 1.165) is 24.1 Å². The molecule has 134 valence electrons. The van der Waals surface area contributed by atoms with Crippen LogP contribution in [0.2, 0.25) is 0 Å². The first kappa shape index (κ1) is 17.8. The van der Waals surface area contributed by atoms with Crippen LogP contribution in [-0.4, -0.2) is 11.8 Å². The van der Waals surface area contributed by atoms with Crippen LogP contribution in [0.1, 0.15) is 36.8 Å². The Morgan fingerprint density at radius 1 is 0.840 bits per heavy atom. The highest BCUT2D eigenvalue weighted by molar-refractivity contribution is 5.64. The van der Waals surface area contributed by atoms with Gasteiger partial charge in [0, 0.05) is 24.3 Å². The zero-order chi connectivity index (χ0) is 18.4. The van der Waals surface area contributed by atoms with Crippen molar-refractivity contribution in [2.24, 2.45) is 0 Å². The molecule has 1 fully saturated rings. The molecule has 0 amide bonds. The van der Waals surface area contributed by atoms with E-state index in [9.17, 15) is 26.3 Å². The van der Waals surface area contributed by atoms with Gasteiger partial charge < -0.3 is 0 Å². The van der Waals surface area contributed by atoms with Crippen molar-refractivity contribution in [3.05, 3.63) is 59.2 Å². The van der Waals surface area contributed by atoms with Crippen LogP contribution in [-0.2, 0) is 6.42 Å². The van der Waals surface area contributed by atoms with Gasteiger partial charge in [0.1, 0.15) is 11.6 Å². The van der Waals surface area contributed by atoms with Crippen molar-refractivity contribution >= 4 is 0 Å². The van der Waals surface area contributed by atoms with Gasteiger partial charge in [-0.25, -0.2) is 8.78 Å². The molecule has 2 aromatic carbocycles. The molecule has 0 bridgehead atoms. The van der Waals surface area contributed by atoms with Crippen molar-refractivity contribution in [2.75, 3.05) is 0 Å². The van der Waals surface area contributed by atoms with Crippen molar-refractivity contribution in [3.63, 3.8) is 0 Å². The Kier molecular flexibility index (Phi) is 4.33. The Balaban J connectivity index is 1.96. The molecule has 2 aromatic rings. The summed E-state index contributed by atoms with van der Waals surface area (Å²) in [6.45, 7) is 1.97. The average Bonchev–Trinajstić information content (AvgIpc) is 2.74. The molecule has 1 aliphatic rings. The van der Waals surface area contributed by atoms with Gasteiger partial charge in [0.2, 0.25) is 0 Å². The minimum Gasteiger partial charge on any atom is -0.207 e.